The monoisotopic (exact) mass is 290 g/mol. The van der Waals surface area contributed by atoms with Crippen molar-refractivity contribution in [3.05, 3.63) is 59.8 Å². The van der Waals surface area contributed by atoms with Gasteiger partial charge in [-0.1, -0.05) is 0 Å². The number of rotatable bonds is 2. The Kier molecular flexibility index (Phi) is 3.59. The first-order valence-corrected chi connectivity index (χ1v) is 7.17. The lowest BCUT2D eigenvalue weighted by Crippen LogP contribution is -1.94. The summed E-state index contributed by atoms with van der Waals surface area (Å²) in [4.78, 5) is 13.1. The Morgan fingerprint density at radius 1 is 0.773 bits per heavy atom. The van der Waals surface area contributed by atoms with E-state index < -0.39 is 0 Å². The fourth-order valence-corrected chi connectivity index (χ4v) is 2.55. The topological polar surface area (TPSA) is 64.7 Å². The number of pyridine rings is 3. The first-order valence-electron chi connectivity index (χ1n) is 7.17. The van der Waals surface area contributed by atoms with Gasteiger partial charge in [0.25, 0.3) is 0 Å². The van der Waals surface area contributed by atoms with Crippen LogP contribution in [-0.2, 0) is 0 Å². The molecule has 0 amide bonds. The molecule has 3 heterocycles. The zero-order valence-corrected chi connectivity index (χ0v) is 13.0. The first-order chi connectivity index (χ1) is 10.5. The highest BCUT2D eigenvalue weighted by Gasteiger charge is 2.08. The number of hydrogen-bond acceptors (Lipinski definition) is 4. The number of nitrogen functional groups attached to an aromatic ring is 1. The van der Waals surface area contributed by atoms with Crippen molar-refractivity contribution in [2.45, 2.75) is 20.8 Å². The van der Waals surface area contributed by atoms with Gasteiger partial charge in [-0.25, -0.2) is 4.98 Å². The molecule has 0 aliphatic carbocycles. The quantitative estimate of drug-likeness (QED) is 0.781. The minimum absolute atomic E-state index is 0.519. The number of nitrogens with zero attached hydrogens (tertiary/aromatic N) is 3. The molecule has 0 atom stereocenters. The summed E-state index contributed by atoms with van der Waals surface area (Å²) in [5, 5.41) is 0. The maximum Gasteiger partial charge on any atom is 0.123 e. The van der Waals surface area contributed by atoms with Crippen molar-refractivity contribution < 1.29 is 0 Å². The number of aryl methyl sites for hydroxylation is 3. The van der Waals surface area contributed by atoms with E-state index in [0.29, 0.717) is 5.82 Å². The maximum atomic E-state index is 5.66. The number of anilines is 1. The van der Waals surface area contributed by atoms with Crippen LogP contribution in [-0.4, -0.2) is 15.0 Å². The van der Waals surface area contributed by atoms with Gasteiger partial charge in [-0.15, -0.1) is 0 Å². The van der Waals surface area contributed by atoms with Gasteiger partial charge in [0.05, 0.1) is 0 Å². The summed E-state index contributed by atoms with van der Waals surface area (Å²) in [6.45, 7) is 6.00. The van der Waals surface area contributed by atoms with E-state index in [1.54, 1.807) is 6.20 Å². The van der Waals surface area contributed by atoms with E-state index in [1.807, 2.05) is 39.1 Å². The molecule has 0 fully saturated rings. The Morgan fingerprint density at radius 2 is 1.45 bits per heavy atom. The Labute approximate surface area is 130 Å². The van der Waals surface area contributed by atoms with Crippen LogP contribution in [0.2, 0.25) is 0 Å². The van der Waals surface area contributed by atoms with Crippen LogP contribution in [0.25, 0.3) is 22.3 Å². The third kappa shape index (κ3) is 2.81. The van der Waals surface area contributed by atoms with Crippen molar-refractivity contribution in [1.82, 2.24) is 15.0 Å². The maximum absolute atomic E-state index is 5.66. The van der Waals surface area contributed by atoms with Gasteiger partial charge in [-0.2, -0.15) is 0 Å². The number of aromatic nitrogens is 3. The summed E-state index contributed by atoms with van der Waals surface area (Å²) < 4.78 is 0. The predicted octanol–water partition coefficient (Wildman–Crippen LogP) is 3.71. The summed E-state index contributed by atoms with van der Waals surface area (Å²) in [5.74, 6) is 0.519. The van der Waals surface area contributed by atoms with Crippen molar-refractivity contribution in [3.8, 4) is 22.3 Å². The Hall–Kier alpha value is -2.75. The summed E-state index contributed by atoms with van der Waals surface area (Å²) in [7, 11) is 0. The summed E-state index contributed by atoms with van der Waals surface area (Å²) in [5.41, 5.74) is 12.9. The zero-order valence-electron chi connectivity index (χ0n) is 13.0. The molecule has 0 saturated heterocycles. The smallest absolute Gasteiger partial charge is 0.123 e. The number of nitrogens with two attached hydrogens (primary N) is 1. The SMILES string of the molecule is Cc1cc(-c2cnc(C)c(-c3ccc(N)nc3)c2)cc(C)n1. The molecule has 3 aromatic rings. The molecule has 0 bridgehead atoms. The Balaban J connectivity index is 2.11. The van der Waals surface area contributed by atoms with Gasteiger partial charge >= 0.3 is 0 Å². The zero-order chi connectivity index (χ0) is 15.7. The average molecular weight is 290 g/mol. The lowest BCUT2D eigenvalue weighted by Gasteiger charge is -2.10. The van der Waals surface area contributed by atoms with Gasteiger partial charge in [0.15, 0.2) is 0 Å². The minimum atomic E-state index is 0.519. The van der Waals surface area contributed by atoms with Gasteiger partial charge in [0.2, 0.25) is 0 Å². The van der Waals surface area contributed by atoms with Crippen molar-refractivity contribution >= 4 is 5.82 Å². The van der Waals surface area contributed by atoms with Crippen LogP contribution < -0.4 is 5.73 Å². The van der Waals surface area contributed by atoms with Gasteiger partial charge in [0.1, 0.15) is 5.82 Å². The molecule has 0 aromatic carbocycles. The molecule has 0 spiro atoms. The van der Waals surface area contributed by atoms with Crippen LogP contribution in [0.1, 0.15) is 17.1 Å². The highest BCUT2D eigenvalue weighted by Crippen LogP contribution is 2.28. The molecule has 0 radical (unpaired) electrons. The van der Waals surface area contributed by atoms with Crippen molar-refractivity contribution in [2.75, 3.05) is 5.73 Å². The lowest BCUT2D eigenvalue weighted by molar-refractivity contribution is 1.12. The van der Waals surface area contributed by atoms with Gasteiger partial charge in [0, 0.05) is 46.2 Å². The molecule has 4 heteroatoms. The van der Waals surface area contributed by atoms with E-state index in [1.165, 1.54) is 0 Å². The third-order valence-corrected chi connectivity index (χ3v) is 3.60. The standard InChI is InChI=1S/C18H18N4/c1-11-6-15(7-12(2)22-11)16-8-17(13(3)20-10-16)14-4-5-18(19)21-9-14/h4-10H,1-3H3,(H2,19,21). The van der Waals surface area contributed by atoms with E-state index in [2.05, 4.69) is 33.2 Å². The van der Waals surface area contributed by atoms with Gasteiger partial charge in [-0.05, 0) is 56.7 Å². The van der Waals surface area contributed by atoms with E-state index >= 15 is 0 Å². The molecule has 0 saturated carbocycles. The molecular formula is C18H18N4. The predicted molar refractivity (Wildman–Crippen MR) is 89.3 cm³/mol. The van der Waals surface area contributed by atoms with Crippen molar-refractivity contribution in [3.63, 3.8) is 0 Å². The Bertz CT molecular complexity index is 803. The van der Waals surface area contributed by atoms with Crippen LogP contribution in [0.4, 0.5) is 5.82 Å². The molecular weight excluding hydrogens is 272 g/mol. The second-order valence-electron chi connectivity index (χ2n) is 5.47. The molecule has 2 N–H and O–H groups in total. The molecule has 110 valence electrons. The highest BCUT2D eigenvalue weighted by molar-refractivity contribution is 5.73. The largest absolute Gasteiger partial charge is 0.384 e. The van der Waals surface area contributed by atoms with Crippen molar-refractivity contribution in [1.29, 1.82) is 0 Å². The van der Waals surface area contributed by atoms with Crippen LogP contribution in [0.15, 0.2) is 42.7 Å². The molecule has 0 aliphatic rings. The van der Waals surface area contributed by atoms with Crippen LogP contribution in [0.5, 0.6) is 0 Å². The molecule has 22 heavy (non-hydrogen) atoms. The van der Waals surface area contributed by atoms with Gasteiger partial charge in [-0.3, -0.25) is 9.97 Å². The lowest BCUT2D eigenvalue weighted by atomic mass is 10.00. The summed E-state index contributed by atoms with van der Waals surface area (Å²) in [6.07, 6.45) is 3.68. The van der Waals surface area contributed by atoms with E-state index in [4.69, 9.17) is 5.73 Å². The van der Waals surface area contributed by atoms with Crippen LogP contribution >= 0.6 is 0 Å². The normalized spacial score (nSPS) is 10.7. The Morgan fingerprint density at radius 3 is 2.09 bits per heavy atom. The summed E-state index contributed by atoms with van der Waals surface area (Å²) in [6, 6.07) is 10.1. The highest BCUT2D eigenvalue weighted by atomic mass is 14.8. The molecule has 3 aromatic heterocycles. The fraction of sp³-hybridized carbons (Fsp3) is 0.167. The average Bonchev–Trinajstić information content (AvgIpc) is 2.48. The van der Waals surface area contributed by atoms with E-state index in [-0.39, 0.29) is 0 Å². The molecule has 4 nitrogen and oxygen atoms in total. The van der Waals surface area contributed by atoms with E-state index in [9.17, 15) is 0 Å². The summed E-state index contributed by atoms with van der Waals surface area (Å²) >= 11 is 0. The third-order valence-electron chi connectivity index (χ3n) is 3.60. The minimum Gasteiger partial charge on any atom is -0.384 e. The first kappa shape index (κ1) is 14.2. The fourth-order valence-electron chi connectivity index (χ4n) is 2.55. The van der Waals surface area contributed by atoms with Crippen molar-refractivity contribution in [2.24, 2.45) is 0 Å². The van der Waals surface area contributed by atoms with Crippen LogP contribution in [0, 0.1) is 20.8 Å². The van der Waals surface area contributed by atoms with Gasteiger partial charge < -0.3 is 5.73 Å². The number of hydrogen-bond donors (Lipinski definition) is 1. The molecule has 0 unspecified atom stereocenters. The van der Waals surface area contributed by atoms with E-state index in [0.717, 1.165) is 39.3 Å². The molecule has 3 rings (SSSR count). The van der Waals surface area contributed by atoms with Crippen LogP contribution in [0.3, 0.4) is 0 Å². The molecule has 0 aliphatic heterocycles. The second-order valence-corrected chi connectivity index (χ2v) is 5.47. The second kappa shape index (κ2) is 5.56.